The van der Waals surface area contributed by atoms with Gasteiger partial charge in [0.1, 0.15) is 11.6 Å². The zero-order valence-electron chi connectivity index (χ0n) is 10.0. The van der Waals surface area contributed by atoms with Gasteiger partial charge in [0.15, 0.2) is 0 Å². The van der Waals surface area contributed by atoms with Crippen LogP contribution in [0.15, 0.2) is 0 Å². The summed E-state index contributed by atoms with van der Waals surface area (Å²) in [5.41, 5.74) is 0. The Bertz CT molecular complexity index is 291. The van der Waals surface area contributed by atoms with Crippen LogP contribution in [0.3, 0.4) is 0 Å². The van der Waals surface area contributed by atoms with E-state index in [-0.39, 0.29) is 0 Å². The summed E-state index contributed by atoms with van der Waals surface area (Å²) >= 11 is 1.46. The Hall–Kier alpha value is -0.720. The third-order valence-corrected chi connectivity index (χ3v) is 2.52. The van der Waals surface area contributed by atoms with Gasteiger partial charge in [-0.3, -0.25) is 0 Å². The van der Waals surface area contributed by atoms with Gasteiger partial charge >= 0.3 is 0 Å². The first kappa shape index (κ1) is 13.3. The summed E-state index contributed by atoms with van der Waals surface area (Å²) in [4.78, 5) is 0. The fourth-order valence-electron chi connectivity index (χ4n) is 1.03. The van der Waals surface area contributed by atoms with Gasteiger partial charge in [-0.1, -0.05) is 25.2 Å². The molecule has 5 nitrogen and oxygen atoms in total. The topological polar surface area (TPSA) is 56.3 Å². The van der Waals surface area contributed by atoms with E-state index >= 15 is 0 Å². The average Bonchev–Trinajstić information content (AvgIpc) is 2.65. The minimum atomic E-state index is 0.529. The molecule has 0 radical (unpaired) electrons. The first-order valence-corrected chi connectivity index (χ1v) is 6.21. The second kappa shape index (κ2) is 7.54. The molecular weight excluding hydrogens is 226 g/mol. The zero-order chi connectivity index (χ0) is 11.8. The molecule has 1 aromatic heterocycles. The number of hydrogen-bond acceptors (Lipinski definition) is 6. The lowest BCUT2D eigenvalue weighted by molar-refractivity contribution is 0.0816. The van der Waals surface area contributed by atoms with Crippen LogP contribution in [0.5, 0.6) is 5.19 Å². The SMILES string of the molecule is CNCc1nnc(OCCOCC(C)C)s1. The monoisotopic (exact) mass is 245 g/mol. The number of rotatable bonds is 8. The smallest absolute Gasteiger partial charge is 0.294 e. The summed E-state index contributed by atoms with van der Waals surface area (Å²) in [6.45, 7) is 6.86. The molecule has 0 bridgehead atoms. The first-order chi connectivity index (χ1) is 7.72. The fraction of sp³-hybridized carbons (Fsp3) is 0.800. The lowest BCUT2D eigenvalue weighted by Crippen LogP contribution is -2.10. The van der Waals surface area contributed by atoms with E-state index in [0.717, 1.165) is 18.2 Å². The van der Waals surface area contributed by atoms with Crippen molar-refractivity contribution in [2.24, 2.45) is 5.92 Å². The van der Waals surface area contributed by atoms with E-state index in [1.165, 1.54) is 11.3 Å². The molecule has 6 heteroatoms. The van der Waals surface area contributed by atoms with Crippen LogP contribution in [-0.2, 0) is 11.3 Å². The molecule has 16 heavy (non-hydrogen) atoms. The van der Waals surface area contributed by atoms with Gasteiger partial charge in [0.25, 0.3) is 5.19 Å². The molecule has 1 heterocycles. The summed E-state index contributed by atoms with van der Waals surface area (Å²) in [5.74, 6) is 0.559. The van der Waals surface area contributed by atoms with Crippen LogP contribution in [0.1, 0.15) is 18.9 Å². The Labute approximate surface area is 100 Å². The van der Waals surface area contributed by atoms with Crippen molar-refractivity contribution in [3.8, 4) is 5.19 Å². The van der Waals surface area contributed by atoms with E-state index in [1.807, 2.05) is 7.05 Å². The van der Waals surface area contributed by atoms with Gasteiger partial charge in [-0.25, -0.2) is 0 Å². The number of aromatic nitrogens is 2. The molecule has 0 aromatic carbocycles. The molecule has 0 saturated heterocycles. The molecule has 1 rings (SSSR count). The molecule has 0 atom stereocenters. The van der Waals surface area contributed by atoms with Crippen molar-refractivity contribution in [2.45, 2.75) is 20.4 Å². The van der Waals surface area contributed by atoms with E-state index in [1.54, 1.807) is 0 Å². The van der Waals surface area contributed by atoms with Gasteiger partial charge in [-0.2, -0.15) is 0 Å². The van der Waals surface area contributed by atoms with E-state index in [9.17, 15) is 0 Å². The Morgan fingerprint density at radius 3 is 2.81 bits per heavy atom. The van der Waals surface area contributed by atoms with Crippen LogP contribution in [0, 0.1) is 5.92 Å². The molecule has 1 aromatic rings. The number of nitrogens with one attached hydrogen (secondary N) is 1. The summed E-state index contributed by atoms with van der Waals surface area (Å²) in [5, 5.41) is 12.4. The maximum absolute atomic E-state index is 5.41. The Balaban J connectivity index is 2.12. The lowest BCUT2D eigenvalue weighted by atomic mass is 10.2. The molecule has 0 fully saturated rings. The van der Waals surface area contributed by atoms with Crippen molar-refractivity contribution >= 4 is 11.3 Å². The van der Waals surface area contributed by atoms with Crippen LogP contribution in [0.25, 0.3) is 0 Å². The molecule has 0 amide bonds. The number of nitrogens with zero attached hydrogens (tertiary/aromatic N) is 2. The van der Waals surface area contributed by atoms with Crippen molar-refractivity contribution in [2.75, 3.05) is 26.9 Å². The largest absolute Gasteiger partial charge is 0.466 e. The van der Waals surface area contributed by atoms with E-state index in [2.05, 4.69) is 29.4 Å². The van der Waals surface area contributed by atoms with Crippen LogP contribution in [-0.4, -0.2) is 37.1 Å². The van der Waals surface area contributed by atoms with Crippen LogP contribution < -0.4 is 10.1 Å². The molecule has 0 spiro atoms. The van der Waals surface area contributed by atoms with Gasteiger partial charge in [0, 0.05) is 13.2 Å². The quantitative estimate of drug-likeness (QED) is 0.700. The average molecular weight is 245 g/mol. The predicted octanol–water partition coefficient (Wildman–Crippen LogP) is 1.31. The first-order valence-electron chi connectivity index (χ1n) is 5.40. The summed E-state index contributed by atoms with van der Waals surface area (Å²) < 4.78 is 10.8. The normalized spacial score (nSPS) is 11.0. The van der Waals surface area contributed by atoms with Gasteiger partial charge in [-0.15, -0.1) is 10.2 Å². The highest BCUT2D eigenvalue weighted by Crippen LogP contribution is 2.17. The second-order valence-electron chi connectivity index (χ2n) is 3.81. The highest BCUT2D eigenvalue weighted by Gasteiger charge is 2.03. The molecule has 1 N–H and O–H groups in total. The molecule has 92 valence electrons. The molecule has 0 aliphatic heterocycles. The van der Waals surface area contributed by atoms with Crippen LogP contribution >= 0.6 is 11.3 Å². The van der Waals surface area contributed by atoms with E-state index < -0.39 is 0 Å². The highest BCUT2D eigenvalue weighted by molar-refractivity contribution is 7.13. The van der Waals surface area contributed by atoms with Crippen molar-refractivity contribution < 1.29 is 9.47 Å². The summed E-state index contributed by atoms with van der Waals surface area (Å²) in [7, 11) is 1.88. The maximum atomic E-state index is 5.41. The maximum Gasteiger partial charge on any atom is 0.294 e. The Kier molecular flexibility index (Phi) is 6.29. The van der Waals surface area contributed by atoms with E-state index in [4.69, 9.17) is 9.47 Å². The van der Waals surface area contributed by atoms with Crippen LogP contribution in [0.2, 0.25) is 0 Å². The molecule has 0 aliphatic carbocycles. The fourth-order valence-corrected chi connectivity index (χ4v) is 1.75. The predicted molar refractivity (Wildman–Crippen MR) is 63.8 cm³/mol. The molecule has 0 unspecified atom stereocenters. The standard InChI is InChI=1S/C10H19N3O2S/c1-8(2)7-14-4-5-15-10-13-12-9(16-10)6-11-3/h8,11H,4-7H2,1-3H3. The highest BCUT2D eigenvalue weighted by atomic mass is 32.1. The minimum absolute atomic E-state index is 0.529. The van der Waals surface area contributed by atoms with E-state index in [0.29, 0.717) is 24.3 Å². The van der Waals surface area contributed by atoms with Crippen molar-refractivity contribution in [3.05, 3.63) is 5.01 Å². The van der Waals surface area contributed by atoms with Crippen molar-refractivity contribution in [3.63, 3.8) is 0 Å². The number of hydrogen-bond donors (Lipinski definition) is 1. The Morgan fingerprint density at radius 1 is 1.31 bits per heavy atom. The zero-order valence-corrected chi connectivity index (χ0v) is 10.8. The molecular formula is C10H19N3O2S. The summed E-state index contributed by atoms with van der Waals surface area (Å²) in [6, 6.07) is 0. The number of ether oxygens (including phenoxy) is 2. The minimum Gasteiger partial charge on any atom is -0.466 e. The third-order valence-electron chi connectivity index (χ3n) is 1.68. The molecule has 0 saturated carbocycles. The van der Waals surface area contributed by atoms with Gasteiger partial charge in [0.05, 0.1) is 6.61 Å². The van der Waals surface area contributed by atoms with Crippen LogP contribution in [0.4, 0.5) is 0 Å². The third kappa shape index (κ3) is 5.39. The van der Waals surface area contributed by atoms with Gasteiger partial charge in [-0.05, 0) is 13.0 Å². The Morgan fingerprint density at radius 2 is 2.12 bits per heavy atom. The molecule has 0 aliphatic rings. The lowest BCUT2D eigenvalue weighted by Gasteiger charge is -2.06. The van der Waals surface area contributed by atoms with Crippen molar-refractivity contribution in [1.82, 2.24) is 15.5 Å². The van der Waals surface area contributed by atoms with Gasteiger partial charge in [0.2, 0.25) is 0 Å². The van der Waals surface area contributed by atoms with Gasteiger partial charge < -0.3 is 14.8 Å². The van der Waals surface area contributed by atoms with Crippen molar-refractivity contribution in [1.29, 1.82) is 0 Å². The second-order valence-corrected chi connectivity index (χ2v) is 4.83. The summed E-state index contributed by atoms with van der Waals surface area (Å²) in [6.07, 6.45) is 0.